The first-order valence-corrected chi connectivity index (χ1v) is 17.0. The molecule has 3 nitrogen and oxygen atoms in total. The fourth-order valence-electron chi connectivity index (χ4n) is 9.42. The van der Waals surface area contributed by atoms with E-state index in [1.807, 2.05) is 6.08 Å². The van der Waals surface area contributed by atoms with Crippen molar-refractivity contribution >= 4 is 11.8 Å². The molecular formula is C37H56O3. The van der Waals surface area contributed by atoms with Crippen LogP contribution in [-0.4, -0.2) is 17.4 Å². The molecule has 0 aliphatic heterocycles. The number of terminal acetylenes is 1. The summed E-state index contributed by atoms with van der Waals surface area (Å²) in [6, 6.07) is 0. The fraction of sp³-hybridized carbons (Fsp3) is 0.784. The van der Waals surface area contributed by atoms with Crippen LogP contribution < -0.4 is 0 Å². The second-order valence-electron chi connectivity index (χ2n) is 13.6. The normalized spacial score (nSPS) is 33.0. The lowest BCUT2D eigenvalue weighted by Gasteiger charge is -2.57. The van der Waals surface area contributed by atoms with Crippen molar-refractivity contribution in [3.8, 4) is 12.3 Å². The average Bonchev–Trinajstić information content (AvgIpc) is 3.27. The smallest absolute Gasteiger partial charge is 0.307 e. The number of hydrogen-bond donors (Lipinski definition) is 0. The maximum absolute atomic E-state index is 13.2. The number of hydrogen-bond acceptors (Lipinski definition) is 3. The summed E-state index contributed by atoms with van der Waals surface area (Å²) >= 11 is 0. The van der Waals surface area contributed by atoms with Crippen molar-refractivity contribution in [2.75, 3.05) is 0 Å². The van der Waals surface area contributed by atoms with Crippen molar-refractivity contribution in [1.29, 1.82) is 0 Å². The average molecular weight is 549 g/mol. The first-order valence-electron chi connectivity index (χ1n) is 17.0. The van der Waals surface area contributed by atoms with Gasteiger partial charge >= 0.3 is 5.97 Å². The van der Waals surface area contributed by atoms with Crippen LogP contribution in [0.3, 0.4) is 0 Å². The third kappa shape index (κ3) is 6.47. The van der Waals surface area contributed by atoms with E-state index >= 15 is 0 Å². The highest BCUT2D eigenvalue weighted by Gasteiger charge is 2.66. The van der Waals surface area contributed by atoms with E-state index < -0.39 is 5.60 Å². The summed E-state index contributed by atoms with van der Waals surface area (Å²) in [7, 11) is 0. The summed E-state index contributed by atoms with van der Waals surface area (Å²) in [6.07, 6.45) is 31.4. The Morgan fingerprint density at radius 2 is 1.62 bits per heavy atom. The van der Waals surface area contributed by atoms with E-state index in [2.05, 4.69) is 26.3 Å². The molecule has 0 aromatic rings. The number of esters is 1. The molecule has 0 spiro atoms. The van der Waals surface area contributed by atoms with Crippen molar-refractivity contribution in [3.63, 3.8) is 0 Å². The van der Waals surface area contributed by atoms with Crippen molar-refractivity contribution in [3.05, 3.63) is 23.8 Å². The van der Waals surface area contributed by atoms with Gasteiger partial charge in [-0.25, -0.2) is 0 Å². The number of allylic oxidation sites excluding steroid dienone is 2. The van der Waals surface area contributed by atoms with Crippen molar-refractivity contribution in [2.45, 2.75) is 154 Å². The lowest BCUT2D eigenvalue weighted by Crippen LogP contribution is -2.55. The first kappa shape index (κ1) is 31.1. The summed E-state index contributed by atoms with van der Waals surface area (Å²) in [5.74, 6) is 5.17. The Hall–Kier alpha value is -1.82. The monoisotopic (exact) mass is 548 g/mol. The lowest BCUT2D eigenvalue weighted by molar-refractivity contribution is -0.170. The number of unbranched alkanes of at least 4 members (excludes halogenated alkanes) is 11. The Labute approximate surface area is 245 Å². The zero-order valence-corrected chi connectivity index (χ0v) is 25.7. The maximum atomic E-state index is 13.2. The zero-order valence-electron chi connectivity index (χ0n) is 25.7. The first-order chi connectivity index (χ1) is 19.4. The predicted octanol–water partition coefficient (Wildman–Crippen LogP) is 9.69. The minimum absolute atomic E-state index is 0.106. The molecule has 4 aliphatic rings. The van der Waals surface area contributed by atoms with Crippen LogP contribution in [0, 0.1) is 41.4 Å². The molecule has 3 fully saturated rings. The van der Waals surface area contributed by atoms with E-state index in [4.69, 9.17) is 11.2 Å². The van der Waals surface area contributed by atoms with Gasteiger partial charge in [-0.05, 0) is 81.1 Å². The fourth-order valence-corrected chi connectivity index (χ4v) is 9.42. The SMILES string of the molecule is C#C[C@]1(OC(=O)CCCCCCCCCCCCCC)CCC2C3CCC4=CC(=O)CC[C@@H]4C3C(=C)C[C@@]21CC. The third-order valence-electron chi connectivity index (χ3n) is 11.4. The minimum Gasteiger partial charge on any atom is -0.445 e. The summed E-state index contributed by atoms with van der Waals surface area (Å²) in [6.45, 7) is 9.14. The minimum atomic E-state index is -0.812. The van der Waals surface area contributed by atoms with Crippen LogP contribution in [0.15, 0.2) is 23.8 Å². The quantitative estimate of drug-likeness (QED) is 0.0885. The van der Waals surface area contributed by atoms with Crippen LogP contribution in [0.1, 0.15) is 149 Å². The van der Waals surface area contributed by atoms with Gasteiger partial charge in [0, 0.05) is 18.3 Å². The zero-order chi connectivity index (χ0) is 28.6. The van der Waals surface area contributed by atoms with Crippen LogP contribution in [0.2, 0.25) is 0 Å². The Morgan fingerprint density at radius 3 is 2.25 bits per heavy atom. The standard InChI is InChI=1S/C37H56O3/c1-5-8-9-10-11-12-13-14-15-16-17-18-19-34(39)40-37(7-3)25-24-33-32-22-20-29-26-30(38)21-23-31(29)35(32)28(4)27-36(33,37)6-2/h3,26,31-33,35H,4-6,8-25,27H2,1-2H3/t31-,32?,33?,35?,36-,37-/m0/s1. The topological polar surface area (TPSA) is 43.4 Å². The molecule has 40 heavy (non-hydrogen) atoms. The molecule has 3 unspecified atom stereocenters. The number of carbonyl (C=O) groups excluding carboxylic acids is 2. The number of ether oxygens (including phenoxy) is 1. The largest absolute Gasteiger partial charge is 0.445 e. The van der Waals surface area contributed by atoms with Crippen LogP contribution >= 0.6 is 0 Å². The Balaban J connectivity index is 1.27. The van der Waals surface area contributed by atoms with Crippen LogP contribution in [0.4, 0.5) is 0 Å². The van der Waals surface area contributed by atoms with Crippen molar-refractivity contribution in [1.82, 2.24) is 0 Å². The van der Waals surface area contributed by atoms with Gasteiger partial charge in [-0.3, -0.25) is 9.59 Å². The lowest BCUT2D eigenvalue weighted by atomic mass is 9.48. The number of carbonyl (C=O) groups is 2. The number of rotatable bonds is 15. The molecule has 0 N–H and O–H groups in total. The molecule has 0 aromatic heterocycles. The summed E-state index contributed by atoms with van der Waals surface area (Å²) in [5, 5.41) is 0. The molecule has 4 aliphatic carbocycles. The molecule has 3 heteroatoms. The van der Waals surface area contributed by atoms with Gasteiger partial charge in [0.1, 0.15) is 0 Å². The van der Waals surface area contributed by atoms with Gasteiger partial charge in [-0.15, -0.1) is 6.42 Å². The number of ketones is 1. The van der Waals surface area contributed by atoms with E-state index in [0.717, 1.165) is 57.8 Å². The van der Waals surface area contributed by atoms with Crippen LogP contribution in [0.25, 0.3) is 0 Å². The highest BCUT2D eigenvalue weighted by atomic mass is 16.6. The summed E-state index contributed by atoms with van der Waals surface area (Å²) in [5.41, 5.74) is 1.62. The van der Waals surface area contributed by atoms with E-state index in [-0.39, 0.29) is 11.4 Å². The van der Waals surface area contributed by atoms with Gasteiger partial charge < -0.3 is 4.74 Å². The molecule has 4 rings (SSSR count). The Kier molecular flexibility index (Phi) is 11.2. The van der Waals surface area contributed by atoms with Crippen LogP contribution in [0.5, 0.6) is 0 Å². The molecule has 0 radical (unpaired) electrons. The summed E-state index contributed by atoms with van der Waals surface area (Å²) < 4.78 is 6.39. The predicted molar refractivity (Wildman–Crippen MR) is 165 cm³/mol. The van der Waals surface area contributed by atoms with E-state index in [1.54, 1.807) is 0 Å². The Bertz CT molecular complexity index is 968. The molecule has 0 aromatic carbocycles. The molecule has 0 amide bonds. The van der Waals surface area contributed by atoms with Gasteiger partial charge in [0.25, 0.3) is 0 Å². The molecule has 0 heterocycles. The van der Waals surface area contributed by atoms with Gasteiger partial charge in [-0.1, -0.05) is 108 Å². The van der Waals surface area contributed by atoms with Crippen LogP contribution in [-0.2, 0) is 14.3 Å². The molecule has 3 saturated carbocycles. The second kappa shape index (κ2) is 14.4. The highest BCUT2D eigenvalue weighted by molar-refractivity contribution is 5.91. The molecule has 6 atom stereocenters. The molecule has 0 bridgehead atoms. The molecule has 222 valence electrons. The summed E-state index contributed by atoms with van der Waals surface area (Å²) in [4.78, 5) is 25.3. The van der Waals surface area contributed by atoms with Gasteiger partial charge in [-0.2, -0.15) is 0 Å². The third-order valence-corrected chi connectivity index (χ3v) is 11.4. The van der Waals surface area contributed by atoms with Crippen molar-refractivity contribution < 1.29 is 14.3 Å². The van der Waals surface area contributed by atoms with Crippen molar-refractivity contribution in [2.24, 2.45) is 29.1 Å². The molecule has 0 saturated heterocycles. The van der Waals surface area contributed by atoms with Gasteiger partial charge in [0.2, 0.25) is 0 Å². The van der Waals surface area contributed by atoms with E-state index in [9.17, 15) is 9.59 Å². The van der Waals surface area contributed by atoms with Gasteiger partial charge in [0.15, 0.2) is 11.4 Å². The maximum Gasteiger partial charge on any atom is 0.307 e. The molecular weight excluding hydrogens is 492 g/mol. The Morgan fingerprint density at radius 1 is 0.975 bits per heavy atom. The van der Waals surface area contributed by atoms with E-state index in [0.29, 0.717) is 42.3 Å². The second-order valence-corrected chi connectivity index (χ2v) is 13.6. The number of fused-ring (bicyclic) bond motifs is 5. The highest BCUT2D eigenvalue weighted by Crippen LogP contribution is 2.68. The van der Waals surface area contributed by atoms with Gasteiger partial charge in [0.05, 0.1) is 0 Å². The van der Waals surface area contributed by atoms with E-state index in [1.165, 1.54) is 75.4 Å².